The number of carbonyl (C=O) groups excluding carboxylic acids is 1. The van der Waals surface area contributed by atoms with Gasteiger partial charge in [-0.1, -0.05) is 11.6 Å². The third-order valence-corrected chi connectivity index (χ3v) is 5.80. The van der Waals surface area contributed by atoms with Crippen molar-refractivity contribution in [1.82, 2.24) is 10.3 Å². The highest BCUT2D eigenvalue weighted by molar-refractivity contribution is 8.06. The smallest absolute Gasteiger partial charge is 0.288 e. The monoisotopic (exact) mass is 333 g/mol. The van der Waals surface area contributed by atoms with Crippen LogP contribution in [-0.4, -0.2) is 44.9 Å². The van der Waals surface area contributed by atoms with Crippen molar-refractivity contribution in [2.45, 2.75) is 5.25 Å². The number of nitrogens with one attached hydrogen (secondary N) is 1. The number of pyridine rings is 1. The molecule has 1 atom stereocenters. The van der Waals surface area contributed by atoms with Gasteiger partial charge in [-0.25, -0.2) is 4.98 Å². The number of thioether (sulfide) groups is 2. The fourth-order valence-electron chi connectivity index (χ4n) is 1.65. The molecule has 0 aliphatic carbocycles. The van der Waals surface area contributed by atoms with Crippen molar-refractivity contribution in [3.63, 3.8) is 0 Å². The van der Waals surface area contributed by atoms with Crippen LogP contribution in [-0.2, 0) is 0 Å². The molecular weight excluding hydrogens is 322 g/mol. The molecule has 0 bridgehead atoms. The largest absolute Gasteiger partial charge is 0.351 e. The number of amides is 1. The van der Waals surface area contributed by atoms with E-state index in [0.29, 0.717) is 11.8 Å². The van der Waals surface area contributed by atoms with E-state index < -0.39 is 10.8 Å². The van der Waals surface area contributed by atoms with E-state index >= 15 is 0 Å². The van der Waals surface area contributed by atoms with E-state index in [1.165, 1.54) is 0 Å². The molecule has 0 aromatic carbocycles. The van der Waals surface area contributed by atoms with Gasteiger partial charge in [0.15, 0.2) is 0 Å². The van der Waals surface area contributed by atoms with Crippen LogP contribution in [0.2, 0.25) is 5.15 Å². The van der Waals surface area contributed by atoms with E-state index in [0.717, 1.165) is 29.5 Å². The van der Waals surface area contributed by atoms with Crippen molar-refractivity contribution < 1.29 is 9.72 Å². The van der Waals surface area contributed by atoms with Gasteiger partial charge in [-0.3, -0.25) is 14.9 Å². The van der Waals surface area contributed by atoms with Crippen molar-refractivity contribution in [2.75, 3.05) is 23.8 Å². The molecule has 1 aromatic heterocycles. The second-order valence-corrected chi connectivity index (χ2v) is 6.98. The summed E-state index contributed by atoms with van der Waals surface area (Å²) in [6.07, 6.45) is 1.03. The molecule has 20 heavy (non-hydrogen) atoms. The van der Waals surface area contributed by atoms with Crippen molar-refractivity contribution >= 4 is 46.7 Å². The fourth-order valence-corrected chi connectivity index (χ4v) is 4.45. The Bertz CT molecular complexity index is 524. The molecule has 1 unspecified atom stereocenters. The highest BCUT2D eigenvalue weighted by atomic mass is 35.5. The van der Waals surface area contributed by atoms with Crippen LogP contribution in [0.4, 0.5) is 5.69 Å². The normalized spacial score (nSPS) is 18.6. The molecule has 1 N–H and O–H groups in total. The molecule has 6 nitrogen and oxygen atoms in total. The zero-order valence-corrected chi connectivity index (χ0v) is 12.8. The van der Waals surface area contributed by atoms with Crippen LogP contribution in [0.25, 0.3) is 0 Å². The maximum absolute atomic E-state index is 12.0. The Balaban J connectivity index is 2.00. The first-order valence-electron chi connectivity index (χ1n) is 5.85. The molecule has 108 valence electrons. The molecule has 2 heterocycles. The first kappa shape index (κ1) is 15.4. The Morgan fingerprint density at radius 1 is 1.60 bits per heavy atom. The van der Waals surface area contributed by atoms with Gasteiger partial charge in [0.1, 0.15) is 11.3 Å². The predicted molar refractivity (Wildman–Crippen MR) is 81.8 cm³/mol. The standard InChI is InChI=1S/C11H12ClN3O3S2/c12-10-9(3-7(4-13-10)15(17)18)11(16)14-5-8-6-19-1-2-20-8/h3-4,8H,1-2,5-6H2,(H,14,16). The van der Waals surface area contributed by atoms with Crippen LogP contribution in [0.1, 0.15) is 10.4 Å². The first-order valence-corrected chi connectivity index (χ1v) is 8.43. The Hall–Kier alpha value is -0.990. The highest BCUT2D eigenvalue weighted by Crippen LogP contribution is 2.24. The van der Waals surface area contributed by atoms with Gasteiger partial charge in [-0.15, -0.1) is 0 Å². The summed E-state index contributed by atoms with van der Waals surface area (Å²) in [5.74, 6) is 2.77. The Kier molecular flexibility index (Phi) is 5.50. The van der Waals surface area contributed by atoms with Gasteiger partial charge in [-0.05, 0) is 0 Å². The Morgan fingerprint density at radius 3 is 3.05 bits per heavy atom. The van der Waals surface area contributed by atoms with Crippen LogP contribution in [0, 0.1) is 10.1 Å². The van der Waals surface area contributed by atoms with Gasteiger partial charge < -0.3 is 5.32 Å². The van der Waals surface area contributed by atoms with Crippen molar-refractivity contribution in [2.24, 2.45) is 0 Å². The van der Waals surface area contributed by atoms with Gasteiger partial charge in [0, 0.05) is 35.1 Å². The number of nitrogens with zero attached hydrogens (tertiary/aromatic N) is 2. The zero-order chi connectivity index (χ0) is 14.5. The summed E-state index contributed by atoms with van der Waals surface area (Å²) in [5, 5.41) is 13.8. The molecule has 1 amide bonds. The Morgan fingerprint density at radius 2 is 2.40 bits per heavy atom. The van der Waals surface area contributed by atoms with E-state index in [-0.39, 0.29) is 16.4 Å². The molecule has 0 spiro atoms. The average molecular weight is 334 g/mol. The summed E-state index contributed by atoms with van der Waals surface area (Å²) in [4.78, 5) is 25.8. The van der Waals surface area contributed by atoms with Gasteiger partial charge in [0.2, 0.25) is 0 Å². The lowest BCUT2D eigenvalue weighted by atomic mass is 10.2. The quantitative estimate of drug-likeness (QED) is 0.516. The van der Waals surface area contributed by atoms with Crippen molar-refractivity contribution in [3.8, 4) is 0 Å². The fraction of sp³-hybridized carbons (Fsp3) is 0.455. The zero-order valence-electron chi connectivity index (χ0n) is 10.4. The summed E-state index contributed by atoms with van der Waals surface area (Å²) in [7, 11) is 0. The first-order chi connectivity index (χ1) is 9.58. The second-order valence-electron chi connectivity index (χ2n) is 4.07. The molecule has 0 radical (unpaired) electrons. The minimum atomic E-state index is -0.603. The second kappa shape index (κ2) is 7.14. The SMILES string of the molecule is O=C(NCC1CSCCS1)c1cc([N+](=O)[O-])cnc1Cl. The molecule has 0 saturated carbocycles. The number of carbonyl (C=O) groups is 1. The lowest BCUT2D eigenvalue weighted by Gasteiger charge is -2.21. The summed E-state index contributed by atoms with van der Waals surface area (Å²) in [6, 6.07) is 1.15. The summed E-state index contributed by atoms with van der Waals surface area (Å²) >= 11 is 9.49. The number of hydrogen-bond acceptors (Lipinski definition) is 6. The van der Waals surface area contributed by atoms with Crippen molar-refractivity contribution in [1.29, 1.82) is 0 Å². The van der Waals surface area contributed by atoms with Crippen LogP contribution in [0.3, 0.4) is 0 Å². The number of halogens is 1. The molecule has 1 aliphatic rings. The molecule has 1 aliphatic heterocycles. The predicted octanol–water partition coefficient (Wildman–Crippen LogP) is 2.22. The minimum Gasteiger partial charge on any atom is -0.351 e. The molecular formula is C11H12ClN3O3S2. The number of nitro groups is 1. The summed E-state index contributed by atoms with van der Waals surface area (Å²) < 4.78 is 0. The number of hydrogen-bond donors (Lipinski definition) is 1. The molecule has 1 saturated heterocycles. The number of rotatable bonds is 4. The van der Waals surface area contributed by atoms with Crippen molar-refractivity contribution in [3.05, 3.63) is 33.1 Å². The van der Waals surface area contributed by atoms with Crippen LogP contribution < -0.4 is 5.32 Å². The lowest BCUT2D eigenvalue weighted by Crippen LogP contribution is -2.33. The van der Waals surface area contributed by atoms with E-state index in [4.69, 9.17) is 11.6 Å². The lowest BCUT2D eigenvalue weighted by molar-refractivity contribution is -0.385. The van der Waals surface area contributed by atoms with E-state index in [1.54, 1.807) is 0 Å². The van der Waals surface area contributed by atoms with Gasteiger partial charge >= 0.3 is 0 Å². The van der Waals surface area contributed by atoms with E-state index in [2.05, 4.69) is 10.3 Å². The maximum Gasteiger partial charge on any atom is 0.288 e. The number of aromatic nitrogens is 1. The molecule has 9 heteroatoms. The molecule has 2 rings (SSSR count). The minimum absolute atomic E-state index is 0.0289. The van der Waals surface area contributed by atoms with Gasteiger partial charge in [0.25, 0.3) is 11.6 Å². The summed E-state index contributed by atoms with van der Waals surface area (Å²) in [5.41, 5.74) is -0.212. The third kappa shape index (κ3) is 4.00. The van der Waals surface area contributed by atoms with Crippen LogP contribution in [0.15, 0.2) is 12.3 Å². The van der Waals surface area contributed by atoms with E-state index in [1.807, 2.05) is 23.5 Å². The van der Waals surface area contributed by atoms with Gasteiger partial charge in [-0.2, -0.15) is 23.5 Å². The van der Waals surface area contributed by atoms with Crippen LogP contribution in [0.5, 0.6) is 0 Å². The highest BCUT2D eigenvalue weighted by Gasteiger charge is 2.19. The van der Waals surface area contributed by atoms with Gasteiger partial charge in [0.05, 0.1) is 10.5 Å². The topological polar surface area (TPSA) is 85.1 Å². The molecule has 1 aromatic rings. The van der Waals surface area contributed by atoms with E-state index in [9.17, 15) is 14.9 Å². The Labute approximate surface area is 129 Å². The average Bonchev–Trinajstić information content (AvgIpc) is 2.46. The maximum atomic E-state index is 12.0. The molecule has 1 fully saturated rings. The third-order valence-electron chi connectivity index (χ3n) is 2.66. The van der Waals surface area contributed by atoms with Crippen LogP contribution >= 0.6 is 35.1 Å². The summed E-state index contributed by atoms with van der Waals surface area (Å²) in [6.45, 7) is 0.523.